The van der Waals surface area contributed by atoms with Gasteiger partial charge in [0.2, 0.25) is 0 Å². The first kappa shape index (κ1) is 12.2. The molecule has 0 amide bonds. The molecule has 0 aromatic carbocycles. The number of thiazole rings is 1. The van der Waals surface area contributed by atoms with Crippen LogP contribution in [0.1, 0.15) is 31.5 Å². The van der Waals surface area contributed by atoms with Gasteiger partial charge in [0.1, 0.15) is 0 Å². The number of rotatable bonds is 3. The Balaban J connectivity index is 2.81. The summed E-state index contributed by atoms with van der Waals surface area (Å²) in [4.78, 5) is 15.4. The Morgan fingerprint density at radius 2 is 2.20 bits per heavy atom. The van der Waals surface area contributed by atoms with Crippen molar-refractivity contribution in [2.75, 3.05) is 0 Å². The molecule has 0 spiro atoms. The maximum atomic E-state index is 11.1. The minimum Gasteiger partial charge on any atom is -0.481 e. The molecule has 0 aliphatic carbocycles. The SMILES string of the molecule is Cc1nc(CC(C(=O)O)C(C)(C)C)cs1. The highest BCUT2D eigenvalue weighted by Crippen LogP contribution is 2.29. The van der Waals surface area contributed by atoms with Crippen molar-refractivity contribution in [2.45, 2.75) is 34.1 Å². The summed E-state index contributed by atoms with van der Waals surface area (Å²) in [6.07, 6.45) is 0.517. The van der Waals surface area contributed by atoms with Gasteiger partial charge in [-0.3, -0.25) is 4.79 Å². The average molecular weight is 227 g/mol. The number of nitrogens with zero attached hydrogens (tertiary/aromatic N) is 1. The molecule has 1 N–H and O–H groups in total. The van der Waals surface area contributed by atoms with Crippen LogP contribution in [0.15, 0.2) is 5.38 Å². The van der Waals surface area contributed by atoms with Crippen LogP contribution in [0.3, 0.4) is 0 Å². The van der Waals surface area contributed by atoms with Gasteiger partial charge in [0.05, 0.1) is 16.6 Å². The second-order valence-corrected chi connectivity index (χ2v) is 5.88. The summed E-state index contributed by atoms with van der Waals surface area (Å²) in [6.45, 7) is 7.78. The third-order valence-corrected chi connectivity index (χ3v) is 3.25. The number of carboxylic acids is 1. The number of hydrogen-bond acceptors (Lipinski definition) is 3. The third-order valence-electron chi connectivity index (χ3n) is 2.42. The molecule has 0 saturated carbocycles. The van der Waals surface area contributed by atoms with Crippen molar-refractivity contribution in [1.29, 1.82) is 0 Å². The first-order valence-corrected chi connectivity index (χ1v) is 5.82. The first-order chi connectivity index (χ1) is 6.80. The summed E-state index contributed by atoms with van der Waals surface area (Å²) in [5, 5.41) is 12.1. The normalized spacial score (nSPS) is 13.9. The lowest BCUT2D eigenvalue weighted by atomic mass is 9.78. The Kier molecular flexibility index (Phi) is 3.50. The second kappa shape index (κ2) is 4.31. The van der Waals surface area contributed by atoms with E-state index in [9.17, 15) is 4.79 Å². The molecule has 0 saturated heterocycles. The summed E-state index contributed by atoms with van der Waals surface area (Å²) >= 11 is 1.56. The molecule has 1 heterocycles. The number of hydrogen-bond donors (Lipinski definition) is 1. The van der Waals surface area contributed by atoms with Gasteiger partial charge in [-0.15, -0.1) is 11.3 Å². The Hall–Kier alpha value is -0.900. The predicted molar refractivity (Wildman–Crippen MR) is 61.1 cm³/mol. The van der Waals surface area contributed by atoms with E-state index in [1.54, 1.807) is 11.3 Å². The average Bonchev–Trinajstić information content (AvgIpc) is 2.44. The molecule has 1 aromatic heterocycles. The lowest BCUT2D eigenvalue weighted by molar-refractivity contribution is -0.145. The van der Waals surface area contributed by atoms with Gasteiger partial charge >= 0.3 is 5.97 Å². The molecule has 0 bridgehead atoms. The van der Waals surface area contributed by atoms with Crippen molar-refractivity contribution in [3.05, 3.63) is 16.1 Å². The Bertz CT molecular complexity index is 352. The molecule has 0 radical (unpaired) electrons. The van der Waals surface area contributed by atoms with E-state index >= 15 is 0 Å². The van der Waals surface area contributed by atoms with Crippen molar-refractivity contribution in [3.8, 4) is 0 Å². The van der Waals surface area contributed by atoms with Crippen LogP contribution < -0.4 is 0 Å². The van der Waals surface area contributed by atoms with Gasteiger partial charge in [-0.25, -0.2) is 4.98 Å². The Morgan fingerprint density at radius 1 is 1.60 bits per heavy atom. The maximum absolute atomic E-state index is 11.1. The highest BCUT2D eigenvalue weighted by atomic mass is 32.1. The van der Waals surface area contributed by atoms with Crippen LogP contribution >= 0.6 is 11.3 Å². The fraction of sp³-hybridized carbons (Fsp3) is 0.636. The van der Waals surface area contributed by atoms with E-state index < -0.39 is 5.97 Å². The van der Waals surface area contributed by atoms with Crippen LogP contribution in [-0.4, -0.2) is 16.1 Å². The topological polar surface area (TPSA) is 50.2 Å². The van der Waals surface area contributed by atoms with E-state index in [-0.39, 0.29) is 11.3 Å². The zero-order chi connectivity index (χ0) is 11.6. The number of carbonyl (C=O) groups is 1. The zero-order valence-corrected chi connectivity index (χ0v) is 10.4. The summed E-state index contributed by atoms with van der Waals surface area (Å²) in [5.41, 5.74) is 0.656. The van der Waals surface area contributed by atoms with Crippen LogP contribution in [-0.2, 0) is 11.2 Å². The number of carboxylic acid groups (broad SMARTS) is 1. The van der Waals surface area contributed by atoms with Crippen LogP contribution in [0.2, 0.25) is 0 Å². The molecule has 84 valence electrons. The molecule has 4 heteroatoms. The largest absolute Gasteiger partial charge is 0.481 e. The maximum Gasteiger partial charge on any atom is 0.307 e. The predicted octanol–water partition coefficient (Wildman–Crippen LogP) is 2.74. The van der Waals surface area contributed by atoms with Crippen molar-refractivity contribution in [3.63, 3.8) is 0 Å². The lowest BCUT2D eigenvalue weighted by Gasteiger charge is -2.26. The summed E-state index contributed by atoms with van der Waals surface area (Å²) < 4.78 is 0. The van der Waals surface area contributed by atoms with Crippen molar-refractivity contribution >= 4 is 17.3 Å². The van der Waals surface area contributed by atoms with E-state index in [0.29, 0.717) is 6.42 Å². The molecule has 15 heavy (non-hydrogen) atoms. The van der Waals surface area contributed by atoms with Crippen LogP contribution in [0.25, 0.3) is 0 Å². The molecular weight excluding hydrogens is 210 g/mol. The molecule has 3 nitrogen and oxygen atoms in total. The zero-order valence-electron chi connectivity index (χ0n) is 9.57. The minimum atomic E-state index is -0.742. The third kappa shape index (κ3) is 3.30. The van der Waals surface area contributed by atoms with Gasteiger partial charge in [0.15, 0.2) is 0 Å². The monoisotopic (exact) mass is 227 g/mol. The smallest absolute Gasteiger partial charge is 0.307 e. The van der Waals surface area contributed by atoms with Gasteiger partial charge in [0, 0.05) is 11.8 Å². The number of aliphatic carboxylic acids is 1. The van der Waals surface area contributed by atoms with Crippen molar-refractivity contribution in [1.82, 2.24) is 4.98 Å². The van der Waals surface area contributed by atoms with E-state index in [4.69, 9.17) is 5.11 Å². The first-order valence-electron chi connectivity index (χ1n) is 4.94. The molecule has 0 aliphatic rings. The van der Waals surface area contributed by atoms with Crippen molar-refractivity contribution < 1.29 is 9.90 Å². The minimum absolute atomic E-state index is 0.233. The second-order valence-electron chi connectivity index (χ2n) is 4.82. The number of aromatic nitrogens is 1. The van der Waals surface area contributed by atoms with E-state index in [2.05, 4.69) is 4.98 Å². The van der Waals surface area contributed by atoms with Crippen molar-refractivity contribution in [2.24, 2.45) is 11.3 Å². The van der Waals surface area contributed by atoms with Gasteiger partial charge in [0.25, 0.3) is 0 Å². The van der Waals surface area contributed by atoms with Gasteiger partial charge in [-0.2, -0.15) is 0 Å². The molecule has 1 unspecified atom stereocenters. The Morgan fingerprint density at radius 3 is 2.53 bits per heavy atom. The Labute approximate surface area is 94.2 Å². The fourth-order valence-electron chi connectivity index (χ4n) is 1.48. The highest BCUT2D eigenvalue weighted by Gasteiger charge is 2.31. The van der Waals surface area contributed by atoms with E-state index in [1.165, 1.54) is 0 Å². The van der Waals surface area contributed by atoms with Crippen LogP contribution in [0.5, 0.6) is 0 Å². The van der Waals surface area contributed by atoms with Gasteiger partial charge in [-0.1, -0.05) is 20.8 Å². The number of aryl methyl sites for hydroxylation is 1. The lowest BCUT2D eigenvalue weighted by Crippen LogP contribution is -2.30. The summed E-state index contributed by atoms with van der Waals surface area (Å²) in [6, 6.07) is 0. The molecule has 0 fully saturated rings. The van der Waals surface area contributed by atoms with Crippen LogP contribution in [0.4, 0.5) is 0 Å². The molecule has 1 atom stereocenters. The summed E-state index contributed by atoms with van der Waals surface area (Å²) in [7, 11) is 0. The molecular formula is C11H17NO2S. The van der Waals surface area contributed by atoms with E-state index in [1.807, 2.05) is 33.1 Å². The quantitative estimate of drug-likeness (QED) is 0.863. The summed E-state index contributed by atoms with van der Waals surface area (Å²) in [5.74, 6) is -1.12. The standard InChI is InChI=1S/C11H17NO2S/c1-7-12-8(6-15-7)5-9(10(13)14)11(2,3)4/h6,9H,5H2,1-4H3,(H,13,14). The van der Waals surface area contributed by atoms with Crippen LogP contribution in [0, 0.1) is 18.3 Å². The molecule has 0 aliphatic heterocycles. The molecule has 1 aromatic rings. The van der Waals surface area contributed by atoms with Gasteiger partial charge < -0.3 is 5.11 Å². The van der Waals surface area contributed by atoms with E-state index in [0.717, 1.165) is 10.7 Å². The fourth-order valence-corrected chi connectivity index (χ4v) is 2.10. The van der Waals surface area contributed by atoms with Gasteiger partial charge in [-0.05, 0) is 12.3 Å². The highest BCUT2D eigenvalue weighted by molar-refractivity contribution is 7.09. The molecule has 1 rings (SSSR count).